The van der Waals surface area contributed by atoms with E-state index in [1.165, 1.54) is 6.07 Å². The van der Waals surface area contributed by atoms with Crippen LogP contribution in [0.2, 0.25) is 0 Å². The molecule has 0 saturated carbocycles. The molecule has 1 aliphatic heterocycles. The van der Waals surface area contributed by atoms with Crippen molar-refractivity contribution in [2.45, 2.75) is 12.8 Å². The summed E-state index contributed by atoms with van der Waals surface area (Å²) in [5.74, 6) is 1.13. The minimum atomic E-state index is -0.371. The van der Waals surface area contributed by atoms with Gasteiger partial charge in [0.1, 0.15) is 11.5 Å². The monoisotopic (exact) mass is 373 g/mol. The van der Waals surface area contributed by atoms with Crippen molar-refractivity contribution in [3.63, 3.8) is 0 Å². The van der Waals surface area contributed by atoms with E-state index < -0.39 is 0 Å². The van der Waals surface area contributed by atoms with Crippen LogP contribution in [-0.2, 0) is 0 Å². The Balaban J connectivity index is 1.65. The van der Waals surface area contributed by atoms with Gasteiger partial charge in [0, 0.05) is 30.6 Å². The van der Waals surface area contributed by atoms with E-state index in [0.29, 0.717) is 36.8 Å². The van der Waals surface area contributed by atoms with Crippen molar-refractivity contribution in [2.24, 2.45) is 5.92 Å². The number of benzene rings is 2. The highest BCUT2D eigenvalue weighted by Gasteiger charge is 2.26. The third kappa shape index (κ3) is 4.70. The van der Waals surface area contributed by atoms with Crippen LogP contribution in [0.25, 0.3) is 0 Å². The summed E-state index contributed by atoms with van der Waals surface area (Å²) < 4.78 is 29.8. The summed E-state index contributed by atoms with van der Waals surface area (Å²) in [5.41, 5.74) is 0.530. The summed E-state index contributed by atoms with van der Waals surface area (Å²) in [4.78, 5) is 14.7. The summed E-state index contributed by atoms with van der Waals surface area (Å²) in [5, 5.41) is 0. The lowest BCUT2D eigenvalue weighted by molar-refractivity contribution is 0.0630. The van der Waals surface area contributed by atoms with E-state index in [-0.39, 0.29) is 23.4 Å². The van der Waals surface area contributed by atoms with Crippen LogP contribution in [0.3, 0.4) is 0 Å². The predicted molar refractivity (Wildman–Crippen MR) is 100 cm³/mol. The van der Waals surface area contributed by atoms with Gasteiger partial charge < -0.3 is 19.1 Å². The third-order valence-electron chi connectivity index (χ3n) is 4.72. The van der Waals surface area contributed by atoms with E-state index in [9.17, 15) is 9.18 Å². The molecule has 0 aromatic heterocycles. The van der Waals surface area contributed by atoms with E-state index >= 15 is 0 Å². The molecule has 0 bridgehead atoms. The highest BCUT2D eigenvalue weighted by molar-refractivity contribution is 5.95. The quantitative estimate of drug-likeness (QED) is 0.773. The van der Waals surface area contributed by atoms with Crippen LogP contribution in [0.15, 0.2) is 42.5 Å². The Morgan fingerprint density at radius 2 is 1.85 bits per heavy atom. The number of nitrogens with zero attached hydrogens (tertiary/aromatic N) is 1. The zero-order valence-corrected chi connectivity index (χ0v) is 15.6. The molecule has 2 aromatic rings. The number of likely N-dealkylation sites (tertiary alicyclic amines) is 1. The Morgan fingerprint density at radius 1 is 1.15 bits per heavy atom. The summed E-state index contributed by atoms with van der Waals surface area (Å²) in [6.07, 6.45) is 1.83. The van der Waals surface area contributed by atoms with Gasteiger partial charge >= 0.3 is 0 Å². The summed E-state index contributed by atoms with van der Waals surface area (Å²) in [7, 11) is 3.11. The van der Waals surface area contributed by atoms with Crippen molar-refractivity contribution in [3.05, 3.63) is 53.8 Å². The normalized spacial score (nSPS) is 16.7. The van der Waals surface area contributed by atoms with Crippen molar-refractivity contribution in [1.82, 2.24) is 4.90 Å². The molecule has 1 fully saturated rings. The first-order valence-electron chi connectivity index (χ1n) is 9.00. The van der Waals surface area contributed by atoms with Crippen LogP contribution in [0.5, 0.6) is 17.2 Å². The Kier molecular flexibility index (Phi) is 6.16. The van der Waals surface area contributed by atoms with E-state index in [4.69, 9.17) is 14.2 Å². The fourth-order valence-corrected chi connectivity index (χ4v) is 3.27. The molecule has 1 unspecified atom stereocenters. The fourth-order valence-electron chi connectivity index (χ4n) is 3.27. The van der Waals surface area contributed by atoms with Crippen LogP contribution < -0.4 is 14.2 Å². The highest BCUT2D eigenvalue weighted by Crippen LogP contribution is 2.26. The van der Waals surface area contributed by atoms with E-state index in [1.807, 2.05) is 4.90 Å². The van der Waals surface area contributed by atoms with E-state index in [2.05, 4.69) is 0 Å². The van der Waals surface area contributed by atoms with Gasteiger partial charge in [-0.3, -0.25) is 4.79 Å². The number of hydrogen-bond acceptors (Lipinski definition) is 4. The molecule has 1 aliphatic rings. The molecule has 1 amide bonds. The number of carbonyl (C=O) groups is 1. The number of para-hydroxylation sites is 1. The molecule has 27 heavy (non-hydrogen) atoms. The van der Waals surface area contributed by atoms with Gasteiger partial charge in [-0.05, 0) is 37.1 Å². The minimum absolute atomic E-state index is 0.0669. The van der Waals surface area contributed by atoms with Crippen molar-refractivity contribution in [3.8, 4) is 17.2 Å². The maximum atomic E-state index is 13.7. The smallest absolute Gasteiger partial charge is 0.254 e. The van der Waals surface area contributed by atoms with Crippen LogP contribution in [0, 0.1) is 11.7 Å². The molecule has 6 heteroatoms. The lowest BCUT2D eigenvalue weighted by atomic mass is 9.98. The molecular weight excluding hydrogens is 349 g/mol. The van der Waals surface area contributed by atoms with Crippen LogP contribution in [0.4, 0.5) is 4.39 Å². The number of amides is 1. The van der Waals surface area contributed by atoms with Gasteiger partial charge in [-0.15, -0.1) is 0 Å². The summed E-state index contributed by atoms with van der Waals surface area (Å²) in [6, 6.07) is 11.5. The average molecular weight is 373 g/mol. The molecule has 0 N–H and O–H groups in total. The molecule has 1 saturated heterocycles. The van der Waals surface area contributed by atoms with Gasteiger partial charge in [0.25, 0.3) is 5.91 Å². The lowest BCUT2D eigenvalue weighted by Crippen LogP contribution is -2.41. The number of ether oxygens (including phenoxy) is 3. The number of methoxy groups -OCH3 is 2. The van der Waals surface area contributed by atoms with Gasteiger partial charge in [-0.1, -0.05) is 12.1 Å². The van der Waals surface area contributed by atoms with Gasteiger partial charge in [0.2, 0.25) is 0 Å². The van der Waals surface area contributed by atoms with Crippen molar-refractivity contribution >= 4 is 5.91 Å². The fraction of sp³-hybridized carbons (Fsp3) is 0.381. The molecule has 0 aliphatic carbocycles. The van der Waals surface area contributed by atoms with Crippen LogP contribution >= 0.6 is 0 Å². The topological polar surface area (TPSA) is 48.0 Å². The second-order valence-electron chi connectivity index (χ2n) is 6.60. The molecule has 2 aromatic carbocycles. The van der Waals surface area contributed by atoms with Crippen LogP contribution in [0.1, 0.15) is 23.2 Å². The Labute approximate surface area is 158 Å². The third-order valence-corrected chi connectivity index (χ3v) is 4.72. The van der Waals surface area contributed by atoms with Gasteiger partial charge in [0.05, 0.1) is 20.8 Å². The molecular formula is C21H24FNO4. The minimum Gasteiger partial charge on any atom is -0.497 e. The first kappa shape index (κ1) is 19.0. The van der Waals surface area contributed by atoms with E-state index in [0.717, 1.165) is 12.8 Å². The molecule has 3 rings (SSSR count). The number of halogens is 1. The number of rotatable bonds is 6. The van der Waals surface area contributed by atoms with Gasteiger partial charge in [0.15, 0.2) is 11.6 Å². The van der Waals surface area contributed by atoms with Crippen molar-refractivity contribution < 1.29 is 23.4 Å². The Hall–Kier alpha value is -2.76. The molecule has 0 spiro atoms. The summed E-state index contributed by atoms with van der Waals surface area (Å²) >= 11 is 0. The maximum absolute atomic E-state index is 13.7. The number of carbonyl (C=O) groups excluding carboxylic acids is 1. The maximum Gasteiger partial charge on any atom is 0.254 e. The highest BCUT2D eigenvalue weighted by atomic mass is 19.1. The second kappa shape index (κ2) is 8.75. The van der Waals surface area contributed by atoms with Crippen molar-refractivity contribution in [1.29, 1.82) is 0 Å². The van der Waals surface area contributed by atoms with Crippen molar-refractivity contribution in [2.75, 3.05) is 33.9 Å². The van der Waals surface area contributed by atoms with Gasteiger partial charge in [-0.2, -0.15) is 0 Å². The van der Waals surface area contributed by atoms with E-state index in [1.54, 1.807) is 50.6 Å². The second-order valence-corrected chi connectivity index (χ2v) is 6.60. The molecule has 1 atom stereocenters. The Morgan fingerprint density at radius 3 is 2.52 bits per heavy atom. The first-order valence-corrected chi connectivity index (χ1v) is 9.00. The largest absolute Gasteiger partial charge is 0.497 e. The zero-order chi connectivity index (χ0) is 19.2. The first-order chi connectivity index (χ1) is 13.1. The molecule has 1 heterocycles. The summed E-state index contributed by atoms with van der Waals surface area (Å²) in [6.45, 7) is 1.65. The molecule has 0 radical (unpaired) electrons. The van der Waals surface area contributed by atoms with Crippen LogP contribution in [-0.4, -0.2) is 44.7 Å². The standard InChI is InChI=1S/C21H24FNO4/c1-25-17-10-16(11-18(12-17)26-2)21(24)23-9-5-6-15(13-23)14-27-20-8-4-3-7-19(20)22/h3-4,7-8,10-12,15H,5-6,9,13-14H2,1-2H3. The van der Waals surface area contributed by atoms with Gasteiger partial charge in [-0.25, -0.2) is 4.39 Å². The SMILES string of the molecule is COc1cc(OC)cc(C(=O)N2CCCC(COc3ccccc3F)C2)c1. The Bertz CT molecular complexity index is 773. The number of hydrogen-bond donors (Lipinski definition) is 0. The lowest BCUT2D eigenvalue weighted by Gasteiger charge is -2.32. The number of piperidine rings is 1. The zero-order valence-electron chi connectivity index (χ0n) is 15.6. The molecule has 5 nitrogen and oxygen atoms in total. The average Bonchev–Trinajstić information content (AvgIpc) is 2.72. The molecule has 144 valence electrons. The predicted octanol–water partition coefficient (Wildman–Crippen LogP) is 3.77.